The van der Waals surface area contributed by atoms with Crippen LogP contribution in [0.5, 0.6) is 0 Å². The second-order valence-corrected chi connectivity index (χ2v) is 8.33. The molecule has 0 saturated heterocycles. The first-order chi connectivity index (χ1) is 14.5. The summed E-state index contributed by atoms with van der Waals surface area (Å²) < 4.78 is 9.61. The Morgan fingerprint density at radius 3 is 2.70 bits per heavy atom. The summed E-state index contributed by atoms with van der Waals surface area (Å²) in [7, 11) is 0. The van der Waals surface area contributed by atoms with Crippen LogP contribution in [-0.4, -0.2) is 27.4 Å². The van der Waals surface area contributed by atoms with E-state index < -0.39 is 11.9 Å². The SMILES string of the molecule is Cc1ccc([C@H](C(=O)NC2CCCC2)N(C(=O)c2csnn2)c2cccc(Cl)c2)o1. The number of nitrogens with one attached hydrogen (secondary N) is 1. The minimum atomic E-state index is -1.01. The largest absolute Gasteiger partial charge is 0.464 e. The van der Waals surface area contributed by atoms with Crippen molar-refractivity contribution < 1.29 is 14.0 Å². The number of rotatable bonds is 6. The summed E-state index contributed by atoms with van der Waals surface area (Å²) in [6.07, 6.45) is 4.02. The first-order valence-electron chi connectivity index (χ1n) is 9.76. The van der Waals surface area contributed by atoms with E-state index in [1.165, 1.54) is 4.90 Å². The van der Waals surface area contributed by atoms with Gasteiger partial charge in [-0.1, -0.05) is 35.0 Å². The van der Waals surface area contributed by atoms with Gasteiger partial charge in [0.1, 0.15) is 11.5 Å². The van der Waals surface area contributed by atoms with E-state index >= 15 is 0 Å². The zero-order chi connectivity index (χ0) is 21.1. The van der Waals surface area contributed by atoms with Gasteiger partial charge in [-0.2, -0.15) is 0 Å². The van der Waals surface area contributed by atoms with E-state index in [1.807, 2.05) is 0 Å². The Bertz CT molecular complexity index is 1030. The molecule has 0 bridgehead atoms. The molecule has 30 heavy (non-hydrogen) atoms. The number of benzene rings is 1. The molecule has 1 fully saturated rings. The Kier molecular flexibility index (Phi) is 6.15. The van der Waals surface area contributed by atoms with Crippen molar-refractivity contribution in [2.45, 2.75) is 44.7 Å². The van der Waals surface area contributed by atoms with Gasteiger partial charge in [-0.05, 0) is 61.6 Å². The van der Waals surface area contributed by atoms with Gasteiger partial charge in [-0.25, -0.2) is 0 Å². The molecule has 1 aliphatic rings. The summed E-state index contributed by atoms with van der Waals surface area (Å²) in [6, 6.07) is 9.40. The van der Waals surface area contributed by atoms with Crippen molar-refractivity contribution in [2.24, 2.45) is 0 Å². The number of aryl methyl sites for hydroxylation is 1. The maximum absolute atomic E-state index is 13.5. The summed E-state index contributed by atoms with van der Waals surface area (Å²) in [4.78, 5) is 28.3. The predicted octanol–water partition coefficient (Wildman–Crippen LogP) is 4.54. The van der Waals surface area contributed by atoms with E-state index in [2.05, 4.69) is 14.9 Å². The maximum atomic E-state index is 13.5. The smallest absolute Gasteiger partial charge is 0.280 e. The normalized spacial score (nSPS) is 15.1. The van der Waals surface area contributed by atoms with Gasteiger partial charge in [0.2, 0.25) is 0 Å². The van der Waals surface area contributed by atoms with Crippen LogP contribution in [0, 0.1) is 6.92 Å². The molecular formula is C21H21ClN4O3S. The lowest BCUT2D eigenvalue weighted by atomic mass is 10.1. The van der Waals surface area contributed by atoms with Crippen molar-refractivity contribution >= 4 is 40.6 Å². The molecule has 0 unspecified atom stereocenters. The van der Waals surface area contributed by atoms with Crippen molar-refractivity contribution in [2.75, 3.05) is 4.90 Å². The second-order valence-electron chi connectivity index (χ2n) is 7.29. The molecule has 1 saturated carbocycles. The maximum Gasteiger partial charge on any atom is 0.280 e. The van der Waals surface area contributed by atoms with Crippen molar-refractivity contribution in [1.82, 2.24) is 14.9 Å². The fourth-order valence-corrected chi connectivity index (χ4v) is 4.33. The Hall–Kier alpha value is -2.71. The van der Waals surface area contributed by atoms with Gasteiger partial charge >= 0.3 is 0 Å². The molecule has 0 spiro atoms. The Balaban J connectivity index is 1.79. The van der Waals surface area contributed by atoms with Gasteiger partial charge in [-0.3, -0.25) is 14.5 Å². The first-order valence-corrected chi connectivity index (χ1v) is 11.0. The molecular weight excluding hydrogens is 424 g/mol. The topological polar surface area (TPSA) is 88.3 Å². The summed E-state index contributed by atoms with van der Waals surface area (Å²) >= 11 is 7.27. The number of hydrogen-bond acceptors (Lipinski definition) is 6. The number of furan rings is 1. The van der Waals surface area contributed by atoms with Crippen LogP contribution < -0.4 is 10.2 Å². The number of halogens is 1. The minimum Gasteiger partial charge on any atom is -0.464 e. The number of nitrogens with zero attached hydrogens (tertiary/aromatic N) is 3. The molecule has 9 heteroatoms. The van der Waals surface area contributed by atoms with Crippen molar-refractivity contribution in [3.63, 3.8) is 0 Å². The Labute approximate surface area is 183 Å². The van der Waals surface area contributed by atoms with Crippen LogP contribution in [0.1, 0.15) is 53.7 Å². The molecule has 1 N–H and O–H groups in total. The quantitative estimate of drug-likeness (QED) is 0.603. The van der Waals surface area contributed by atoms with Crippen LogP contribution in [0.2, 0.25) is 5.02 Å². The predicted molar refractivity (Wildman–Crippen MR) is 115 cm³/mol. The molecule has 3 aromatic rings. The third-order valence-electron chi connectivity index (χ3n) is 5.12. The van der Waals surface area contributed by atoms with E-state index in [-0.39, 0.29) is 17.6 Å². The molecule has 156 valence electrons. The molecule has 0 aliphatic heterocycles. The fourth-order valence-electron chi connectivity index (χ4n) is 3.72. The minimum absolute atomic E-state index is 0.0910. The van der Waals surface area contributed by atoms with Crippen LogP contribution in [-0.2, 0) is 4.79 Å². The van der Waals surface area contributed by atoms with Crippen molar-refractivity contribution in [3.8, 4) is 0 Å². The van der Waals surface area contributed by atoms with E-state index in [1.54, 1.807) is 48.7 Å². The highest BCUT2D eigenvalue weighted by Crippen LogP contribution is 2.32. The fraction of sp³-hybridized carbons (Fsp3) is 0.333. The number of carbonyl (C=O) groups is 2. The van der Waals surface area contributed by atoms with Crippen molar-refractivity contribution in [1.29, 1.82) is 0 Å². The Morgan fingerprint density at radius 2 is 2.07 bits per heavy atom. The molecule has 1 atom stereocenters. The van der Waals surface area contributed by atoms with Gasteiger partial charge in [0.05, 0.1) is 0 Å². The monoisotopic (exact) mass is 444 g/mol. The zero-order valence-electron chi connectivity index (χ0n) is 16.4. The Morgan fingerprint density at radius 1 is 1.27 bits per heavy atom. The van der Waals surface area contributed by atoms with E-state index in [4.69, 9.17) is 16.0 Å². The number of aromatic nitrogens is 2. The summed E-state index contributed by atoms with van der Waals surface area (Å²) in [5, 5.41) is 9.01. The van der Waals surface area contributed by atoms with Gasteiger partial charge in [0, 0.05) is 22.1 Å². The van der Waals surface area contributed by atoms with Crippen LogP contribution in [0.25, 0.3) is 0 Å². The summed E-state index contributed by atoms with van der Waals surface area (Å²) in [5.41, 5.74) is 0.628. The van der Waals surface area contributed by atoms with E-state index in [0.717, 1.165) is 37.2 Å². The average Bonchev–Trinajstić information content (AvgIpc) is 3.48. The molecule has 1 aliphatic carbocycles. The molecule has 2 heterocycles. The molecule has 7 nitrogen and oxygen atoms in total. The lowest BCUT2D eigenvalue weighted by Crippen LogP contribution is -2.46. The summed E-state index contributed by atoms with van der Waals surface area (Å²) in [5.74, 6) is 0.274. The highest BCUT2D eigenvalue weighted by atomic mass is 35.5. The number of anilines is 1. The first kappa shape index (κ1) is 20.6. The lowest BCUT2D eigenvalue weighted by molar-refractivity contribution is -0.123. The van der Waals surface area contributed by atoms with Gasteiger partial charge in [0.15, 0.2) is 11.7 Å². The molecule has 2 amide bonds. The molecule has 1 aromatic carbocycles. The third kappa shape index (κ3) is 4.39. The van der Waals surface area contributed by atoms with E-state index in [0.29, 0.717) is 22.2 Å². The lowest BCUT2D eigenvalue weighted by Gasteiger charge is -2.30. The number of carbonyl (C=O) groups excluding carboxylic acids is 2. The second kappa shape index (κ2) is 8.97. The third-order valence-corrected chi connectivity index (χ3v) is 5.86. The van der Waals surface area contributed by atoms with Gasteiger partial charge in [-0.15, -0.1) is 5.10 Å². The van der Waals surface area contributed by atoms with E-state index in [9.17, 15) is 9.59 Å². The molecule has 4 rings (SSSR count). The standard InChI is InChI=1S/C21H21ClN4O3S/c1-13-9-10-18(29-13)19(20(27)23-15-6-2-3-7-15)26(16-8-4-5-14(22)11-16)21(28)17-12-30-25-24-17/h4-5,8-12,15,19H,2-3,6-7H2,1H3,(H,23,27)/t19-/m1/s1. The summed E-state index contributed by atoms with van der Waals surface area (Å²) in [6.45, 7) is 1.80. The molecule has 0 radical (unpaired) electrons. The van der Waals surface area contributed by atoms with Crippen molar-refractivity contribution in [3.05, 3.63) is 64.0 Å². The van der Waals surface area contributed by atoms with Crippen LogP contribution in [0.15, 0.2) is 46.2 Å². The molecule has 2 aromatic heterocycles. The van der Waals surface area contributed by atoms with Crippen LogP contribution in [0.3, 0.4) is 0 Å². The highest BCUT2D eigenvalue weighted by Gasteiger charge is 2.37. The van der Waals surface area contributed by atoms with Crippen LogP contribution in [0.4, 0.5) is 5.69 Å². The number of hydrogen-bond donors (Lipinski definition) is 1. The van der Waals surface area contributed by atoms with Gasteiger partial charge < -0.3 is 9.73 Å². The highest BCUT2D eigenvalue weighted by molar-refractivity contribution is 7.03. The van der Waals surface area contributed by atoms with Gasteiger partial charge in [0.25, 0.3) is 11.8 Å². The number of amides is 2. The zero-order valence-corrected chi connectivity index (χ0v) is 17.9. The van der Waals surface area contributed by atoms with Crippen LogP contribution >= 0.6 is 23.1 Å². The average molecular weight is 445 g/mol.